The fourth-order valence-electron chi connectivity index (χ4n) is 0.579. The van der Waals surface area contributed by atoms with Crippen LogP contribution in [0.25, 0.3) is 0 Å². The summed E-state index contributed by atoms with van der Waals surface area (Å²) in [5.41, 5.74) is 2.27. The van der Waals surface area contributed by atoms with E-state index in [1.807, 2.05) is 0 Å². The molecule has 1 unspecified atom stereocenters. The van der Waals surface area contributed by atoms with E-state index in [2.05, 4.69) is 10.7 Å². The molecule has 7 heteroatoms. The van der Waals surface area contributed by atoms with Gasteiger partial charge >= 0.3 is 12.0 Å². The standard InChI is InChI=1S/C6H13N3O4/c1-9(2)8-6(13)7-4(3-10)5(11)12/h4,10H,3H2,1-2H3,(H,11,12)(H2,7,8,13). The summed E-state index contributed by atoms with van der Waals surface area (Å²) in [6.45, 7) is -0.643. The minimum atomic E-state index is -1.28. The Morgan fingerprint density at radius 1 is 1.46 bits per heavy atom. The van der Waals surface area contributed by atoms with E-state index in [1.165, 1.54) is 5.01 Å². The fraction of sp³-hybridized carbons (Fsp3) is 0.667. The summed E-state index contributed by atoms with van der Waals surface area (Å²) in [6, 6.07) is -1.95. The van der Waals surface area contributed by atoms with Gasteiger partial charge in [0.15, 0.2) is 6.04 Å². The number of carboxylic acids is 1. The van der Waals surface area contributed by atoms with Crippen LogP contribution in [0.2, 0.25) is 0 Å². The highest BCUT2D eigenvalue weighted by Crippen LogP contribution is 1.81. The highest BCUT2D eigenvalue weighted by atomic mass is 16.4. The number of aliphatic hydroxyl groups excluding tert-OH is 1. The molecule has 0 saturated carbocycles. The average molecular weight is 191 g/mol. The maximum Gasteiger partial charge on any atom is 0.330 e. The number of nitrogens with zero attached hydrogens (tertiary/aromatic N) is 1. The number of carbonyl (C=O) groups excluding carboxylic acids is 1. The first kappa shape index (κ1) is 11.7. The van der Waals surface area contributed by atoms with Gasteiger partial charge in [0.25, 0.3) is 0 Å². The van der Waals surface area contributed by atoms with Gasteiger partial charge in [-0.25, -0.2) is 14.6 Å². The van der Waals surface area contributed by atoms with Gasteiger partial charge in [-0.3, -0.25) is 5.43 Å². The summed E-state index contributed by atoms with van der Waals surface area (Å²) in [7, 11) is 3.16. The van der Waals surface area contributed by atoms with E-state index in [0.29, 0.717) is 0 Å². The molecule has 0 rings (SSSR count). The predicted octanol–water partition coefficient (Wildman–Crippen LogP) is -1.79. The molecule has 4 N–H and O–H groups in total. The van der Waals surface area contributed by atoms with Crippen molar-refractivity contribution in [1.29, 1.82) is 0 Å². The van der Waals surface area contributed by atoms with Crippen molar-refractivity contribution in [3.8, 4) is 0 Å². The van der Waals surface area contributed by atoms with Crippen LogP contribution in [-0.2, 0) is 4.79 Å². The zero-order valence-corrected chi connectivity index (χ0v) is 7.44. The van der Waals surface area contributed by atoms with E-state index in [0.717, 1.165) is 0 Å². The van der Waals surface area contributed by atoms with Gasteiger partial charge < -0.3 is 15.5 Å². The van der Waals surface area contributed by atoms with Crippen LogP contribution in [0.5, 0.6) is 0 Å². The van der Waals surface area contributed by atoms with Crippen molar-refractivity contribution in [1.82, 2.24) is 15.8 Å². The SMILES string of the molecule is CN(C)NC(=O)NC(CO)C(=O)O. The van der Waals surface area contributed by atoms with Crippen molar-refractivity contribution < 1.29 is 19.8 Å². The molecule has 2 amide bonds. The Morgan fingerprint density at radius 3 is 2.31 bits per heavy atom. The minimum Gasteiger partial charge on any atom is -0.480 e. The first-order valence-electron chi connectivity index (χ1n) is 3.55. The summed E-state index contributed by atoms with van der Waals surface area (Å²) in [4.78, 5) is 21.2. The average Bonchev–Trinajstić information content (AvgIpc) is 1.98. The molecule has 76 valence electrons. The molecule has 13 heavy (non-hydrogen) atoms. The minimum absolute atomic E-state index is 0.643. The Hall–Kier alpha value is -1.34. The molecule has 0 aromatic heterocycles. The van der Waals surface area contributed by atoms with Gasteiger partial charge in [0.1, 0.15) is 0 Å². The Morgan fingerprint density at radius 2 is 2.00 bits per heavy atom. The van der Waals surface area contributed by atoms with E-state index in [4.69, 9.17) is 10.2 Å². The summed E-state index contributed by atoms with van der Waals surface area (Å²) in [5.74, 6) is -1.28. The maximum atomic E-state index is 10.9. The van der Waals surface area contributed by atoms with Crippen LogP contribution in [0.1, 0.15) is 0 Å². The molecule has 0 spiro atoms. The van der Waals surface area contributed by atoms with Gasteiger partial charge in [-0.05, 0) is 0 Å². The second-order valence-corrected chi connectivity index (χ2v) is 2.55. The van der Waals surface area contributed by atoms with Gasteiger partial charge in [-0.15, -0.1) is 0 Å². The number of nitrogens with one attached hydrogen (secondary N) is 2. The largest absolute Gasteiger partial charge is 0.480 e. The van der Waals surface area contributed by atoms with E-state index < -0.39 is 24.6 Å². The first-order valence-corrected chi connectivity index (χ1v) is 3.55. The first-order chi connectivity index (χ1) is 5.97. The lowest BCUT2D eigenvalue weighted by Gasteiger charge is -2.15. The second kappa shape index (κ2) is 5.33. The molecule has 0 aliphatic carbocycles. The van der Waals surface area contributed by atoms with Crippen molar-refractivity contribution in [3.63, 3.8) is 0 Å². The lowest BCUT2D eigenvalue weighted by molar-refractivity contribution is -0.140. The lowest BCUT2D eigenvalue weighted by atomic mass is 10.3. The zero-order chi connectivity index (χ0) is 10.4. The van der Waals surface area contributed by atoms with Gasteiger partial charge in [0.05, 0.1) is 6.61 Å². The van der Waals surface area contributed by atoms with Crippen molar-refractivity contribution >= 4 is 12.0 Å². The third-order valence-corrected chi connectivity index (χ3v) is 1.11. The van der Waals surface area contributed by atoms with Crippen LogP contribution in [0.15, 0.2) is 0 Å². The van der Waals surface area contributed by atoms with Gasteiger partial charge in [-0.2, -0.15) is 0 Å². The van der Waals surface area contributed by atoms with Crippen LogP contribution in [0.4, 0.5) is 4.79 Å². The molecule has 7 nitrogen and oxygen atoms in total. The molecule has 0 fully saturated rings. The molecule has 0 bridgehead atoms. The number of hydrazine groups is 1. The summed E-state index contributed by atoms with van der Waals surface area (Å²) < 4.78 is 0. The topological polar surface area (TPSA) is 102 Å². The molecule has 0 aliphatic rings. The number of aliphatic carboxylic acids is 1. The molecule has 0 aromatic carbocycles. The Labute approximate surface area is 75.3 Å². The molecule has 1 atom stereocenters. The molecule has 0 saturated heterocycles. The van der Waals surface area contributed by atoms with Crippen molar-refractivity contribution in [2.75, 3.05) is 20.7 Å². The summed E-state index contributed by atoms with van der Waals surface area (Å²) >= 11 is 0. The van der Waals surface area contributed by atoms with Crippen molar-refractivity contribution in [2.45, 2.75) is 6.04 Å². The van der Waals surface area contributed by atoms with E-state index in [9.17, 15) is 9.59 Å². The zero-order valence-electron chi connectivity index (χ0n) is 7.44. The number of carbonyl (C=O) groups is 2. The Balaban J connectivity index is 3.94. The molecule has 0 aliphatic heterocycles. The van der Waals surface area contributed by atoms with Crippen LogP contribution >= 0.6 is 0 Å². The molecular weight excluding hydrogens is 178 g/mol. The van der Waals surface area contributed by atoms with E-state index in [-0.39, 0.29) is 0 Å². The lowest BCUT2D eigenvalue weighted by Crippen LogP contribution is -2.51. The highest BCUT2D eigenvalue weighted by Gasteiger charge is 2.18. The second-order valence-electron chi connectivity index (χ2n) is 2.55. The molecular formula is C6H13N3O4. The predicted molar refractivity (Wildman–Crippen MR) is 43.9 cm³/mol. The van der Waals surface area contributed by atoms with E-state index >= 15 is 0 Å². The van der Waals surface area contributed by atoms with Gasteiger partial charge in [0.2, 0.25) is 0 Å². The maximum absolute atomic E-state index is 10.9. The van der Waals surface area contributed by atoms with Crippen LogP contribution in [0, 0.1) is 0 Å². The van der Waals surface area contributed by atoms with Crippen LogP contribution in [0.3, 0.4) is 0 Å². The number of amides is 2. The third kappa shape index (κ3) is 4.99. The van der Waals surface area contributed by atoms with Crippen LogP contribution in [-0.4, -0.2) is 54.0 Å². The number of hydrogen-bond donors (Lipinski definition) is 4. The van der Waals surface area contributed by atoms with E-state index in [1.54, 1.807) is 14.1 Å². The van der Waals surface area contributed by atoms with Crippen molar-refractivity contribution in [2.24, 2.45) is 0 Å². The number of carboxylic acid groups (broad SMARTS) is 1. The summed E-state index contributed by atoms with van der Waals surface area (Å²) in [5, 5.41) is 20.4. The Bertz CT molecular complexity index is 194. The van der Waals surface area contributed by atoms with Crippen LogP contribution < -0.4 is 10.7 Å². The quantitative estimate of drug-likeness (QED) is 0.393. The highest BCUT2D eigenvalue weighted by molar-refractivity contribution is 5.82. The number of aliphatic hydroxyl groups is 1. The number of hydrogen-bond acceptors (Lipinski definition) is 4. The summed E-state index contributed by atoms with van der Waals surface area (Å²) in [6.07, 6.45) is 0. The third-order valence-electron chi connectivity index (χ3n) is 1.11. The number of rotatable bonds is 4. The normalized spacial score (nSPS) is 12.3. The smallest absolute Gasteiger partial charge is 0.330 e. The Kier molecular flexibility index (Phi) is 4.78. The van der Waals surface area contributed by atoms with Gasteiger partial charge in [-0.1, -0.05) is 0 Å². The molecule has 0 radical (unpaired) electrons. The number of urea groups is 1. The fourth-order valence-corrected chi connectivity index (χ4v) is 0.579. The molecule has 0 aromatic rings. The van der Waals surface area contributed by atoms with Crippen molar-refractivity contribution in [3.05, 3.63) is 0 Å². The monoisotopic (exact) mass is 191 g/mol. The molecule has 0 heterocycles. The van der Waals surface area contributed by atoms with Gasteiger partial charge in [0, 0.05) is 14.1 Å².